The lowest BCUT2D eigenvalue weighted by molar-refractivity contribution is -0.145. The van der Waals surface area contributed by atoms with Crippen LogP contribution in [0.25, 0.3) is 0 Å². The lowest BCUT2D eigenvalue weighted by atomic mass is 9.71. The third-order valence-electron chi connectivity index (χ3n) is 3.47. The van der Waals surface area contributed by atoms with Gasteiger partial charge in [-0.15, -0.1) is 0 Å². The van der Waals surface area contributed by atoms with Gasteiger partial charge in [-0.3, -0.25) is 4.79 Å². The SMILES string of the molecule is CCOC(=O)C(C)NC1CC2CC=CC21. The minimum Gasteiger partial charge on any atom is -0.465 e. The molecule has 2 rings (SSSR count). The van der Waals surface area contributed by atoms with Crippen LogP contribution in [0.4, 0.5) is 0 Å². The first-order valence-corrected chi connectivity index (χ1v) is 5.81. The van der Waals surface area contributed by atoms with Crippen LogP contribution in [0.3, 0.4) is 0 Å². The monoisotopic (exact) mass is 209 g/mol. The smallest absolute Gasteiger partial charge is 0.322 e. The Morgan fingerprint density at radius 3 is 3.13 bits per heavy atom. The number of nitrogens with one attached hydrogen (secondary N) is 1. The van der Waals surface area contributed by atoms with Gasteiger partial charge >= 0.3 is 5.97 Å². The number of esters is 1. The van der Waals surface area contributed by atoms with Gasteiger partial charge in [0.25, 0.3) is 0 Å². The highest BCUT2D eigenvalue weighted by molar-refractivity contribution is 5.75. The molecule has 0 aliphatic heterocycles. The molecule has 4 atom stereocenters. The molecule has 15 heavy (non-hydrogen) atoms. The molecule has 1 N–H and O–H groups in total. The first-order valence-electron chi connectivity index (χ1n) is 5.81. The van der Waals surface area contributed by atoms with Gasteiger partial charge in [-0.05, 0) is 38.5 Å². The first-order chi connectivity index (χ1) is 7.22. The summed E-state index contributed by atoms with van der Waals surface area (Å²) >= 11 is 0. The molecule has 3 nitrogen and oxygen atoms in total. The Balaban J connectivity index is 1.77. The zero-order chi connectivity index (χ0) is 10.8. The average molecular weight is 209 g/mol. The lowest BCUT2D eigenvalue weighted by Gasteiger charge is -2.41. The third kappa shape index (κ3) is 2.07. The maximum Gasteiger partial charge on any atom is 0.322 e. The Labute approximate surface area is 90.9 Å². The van der Waals surface area contributed by atoms with E-state index >= 15 is 0 Å². The van der Waals surface area contributed by atoms with Crippen molar-refractivity contribution in [3.8, 4) is 0 Å². The van der Waals surface area contributed by atoms with Crippen molar-refractivity contribution in [2.24, 2.45) is 11.8 Å². The van der Waals surface area contributed by atoms with Gasteiger partial charge in [0.05, 0.1) is 6.61 Å². The van der Waals surface area contributed by atoms with Crippen molar-refractivity contribution in [2.45, 2.75) is 38.8 Å². The maximum absolute atomic E-state index is 11.4. The summed E-state index contributed by atoms with van der Waals surface area (Å²) in [5.74, 6) is 1.35. The summed E-state index contributed by atoms with van der Waals surface area (Å²) in [7, 11) is 0. The molecule has 2 aliphatic rings. The van der Waals surface area contributed by atoms with Gasteiger partial charge in [0.15, 0.2) is 0 Å². The predicted octanol–water partition coefficient (Wildman–Crippen LogP) is 1.49. The van der Waals surface area contributed by atoms with Crippen LogP contribution in [0.5, 0.6) is 0 Å². The van der Waals surface area contributed by atoms with Crippen LogP contribution in [0.1, 0.15) is 26.7 Å². The Bertz CT molecular complexity index is 275. The molecule has 0 heterocycles. The number of ether oxygens (including phenoxy) is 1. The molecule has 0 bridgehead atoms. The molecular weight excluding hydrogens is 190 g/mol. The molecule has 0 amide bonds. The Hall–Kier alpha value is -0.830. The number of allylic oxidation sites excluding steroid dienone is 1. The Morgan fingerprint density at radius 2 is 2.47 bits per heavy atom. The number of carbonyl (C=O) groups is 1. The number of hydrogen-bond donors (Lipinski definition) is 1. The van der Waals surface area contributed by atoms with Gasteiger partial charge in [-0.2, -0.15) is 0 Å². The Morgan fingerprint density at radius 1 is 1.67 bits per heavy atom. The molecule has 0 aromatic heterocycles. The zero-order valence-electron chi connectivity index (χ0n) is 9.40. The van der Waals surface area contributed by atoms with Crippen molar-refractivity contribution in [2.75, 3.05) is 6.61 Å². The van der Waals surface area contributed by atoms with Gasteiger partial charge in [0.1, 0.15) is 6.04 Å². The molecule has 2 aliphatic carbocycles. The summed E-state index contributed by atoms with van der Waals surface area (Å²) in [5.41, 5.74) is 0. The highest BCUT2D eigenvalue weighted by Gasteiger charge is 2.41. The first kappa shape index (κ1) is 10.7. The van der Waals surface area contributed by atoms with Gasteiger partial charge < -0.3 is 10.1 Å². The summed E-state index contributed by atoms with van der Waals surface area (Å²) in [6.45, 7) is 4.18. The van der Waals surface area contributed by atoms with Crippen LogP contribution in [-0.2, 0) is 9.53 Å². The number of fused-ring (bicyclic) bond motifs is 1. The average Bonchev–Trinajstić information content (AvgIpc) is 2.56. The van der Waals surface area contributed by atoms with Gasteiger partial charge in [-0.25, -0.2) is 0 Å². The molecular formula is C12H19NO2. The quantitative estimate of drug-likeness (QED) is 0.563. The highest BCUT2D eigenvalue weighted by atomic mass is 16.5. The molecule has 0 saturated heterocycles. The van der Waals surface area contributed by atoms with E-state index in [1.165, 1.54) is 12.8 Å². The van der Waals surface area contributed by atoms with Gasteiger partial charge in [-0.1, -0.05) is 12.2 Å². The fraction of sp³-hybridized carbons (Fsp3) is 0.750. The van der Waals surface area contributed by atoms with Crippen molar-refractivity contribution >= 4 is 5.97 Å². The van der Waals surface area contributed by atoms with E-state index < -0.39 is 0 Å². The standard InChI is InChI=1S/C12H19NO2/c1-3-15-12(14)8(2)13-11-7-9-5-4-6-10(9)11/h4,6,8-11,13H,3,5,7H2,1-2H3. The van der Waals surface area contributed by atoms with Crippen molar-refractivity contribution in [1.82, 2.24) is 5.32 Å². The maximum atomic E-state index is 11.4. The molecule has 1 fully saturated rings. The van der Waals surface area contributed by atoms with Crippen LogP contribution >= 0.6 is 0 Å². The largest absolute Gasteiger partial charge is 0.465 e. The van der Waals surface area contributed by atoms with Crippen LogP contribution in [-0.4, -0.2) is 24.7 Å². The van der Waals surface area contributed by atoms with Crippen molar-refractivity contribution < 1.29 is 9.53 Å². The zero-order valence-corrected chi connectivity index (χ0v) is 9.40. The number of carbonyl (C=O) groups excluding carboxylic acids is 1. The molecule has 0 spiro atoms. The molecule has 3 heteroatoms. The normalized spacial score (nSPS) is 34.4. The van der Waals surface area contributed by atoms with E-state index in [9.17, 15) is 4.79 Å². The summed E-state index contributed by atoms with van der Waals surface area (Å²) in [6, 6.07) is 0.304. The molecule has 1 saturated carbocycles. The van der Waals surface area contributed by atoms with Gasteiger partial charge in [0.2, 0.25) is 0 Å². The fourth-order valence-corrected chi connectivity index (χ4v) is 2.56. The molecule has 0 aromatic carbocycles. The van der Waals surface area contributed by atoms with Crippen LogP contribution in [0.2, 0.25) is 0 Å². The predicted molar refractivity (Wildman–Crippen MR) is 58.4 cm³/mol. The summed E-state index contributed by atoms with van der Waals surface area (Å²) in [4.78, 5) is 11.4. The van der Waals surface area contributed by atoms with E-state index in [1.807, 2.05) is 13.8 Å². The minimum absolute atomic E-state index is 0.136. The fourth-order valence-electron chi connectivity index (χ4n) is 2.56. The second-order valence-corrected chi connectivity index (χ2v) is 4.48. The molecule has 4 unspecified atom stereocenters. The van der Waals surface area contributed by atoms with Gasteiger partial charge in [0, 0.05) is 6.04 Å². The van der Waals surface area contributed by atoms with E-state index in [-0.39, 0.29) is 12.0 Å². The number of hydrogen-bond acceptors (Lipinski definition) is 3. The molecule has 84 valence electrons. The van der Waals surface area contributed by atoms with E-state index in [0.717, 1.165) is 5.92 Å². The molecule has 0 radical (unpaired) electrons. The van der Waals surface area contributed by atoms with Crippen LogP contribution in [0, 0.1) is 11.8 Å². The summed E-state index contributed by atoms with van der Waals surface area (Å²) in [6.07, 6.45) is 6.95. The summed E-state index contributed by atoms with van der Waals surface area (Å²) in [5, 5.41) is 3.35. The van der Waals surface area contributed by atoms with Crippen molar-refractivity contribution in [3.63, 3.8) is 0 Å². The van der Waals surface area contributed by atoms with E-state index in [2.05, 4.69) is 17.5 Å². The topological polar surface area (TPSA) is 38.3 Å². The summed E-state index contributed by atoms with van der Waals surface area (Å²) < 4.78 is 4.97. The minimum atomic E-state index is -0.176. The number of rotatable bonds is 4. The van der Waals surface area contributed by atoms with E-state index in [4.69, 9.17) is 4.74 Å². The lowest BCUT2D eigenvalue weighted by Crippen LogP contribution is -2.53. The van der Waals surface area contributed by atoms with E-state index in [1.54, 1.807) is 0 Å². The van der Waals surface area contributed by atoms with Crippen molar-refractivity contribution in [1.29, 1.82) is 0 Å². The highest BCUT2D eigenvalue weighted by Crippen LogP contribution is 2.42. The van der Waals surface area contributed by atoms with Crippen LogP contribution in [0.15, 0.2) is 12.2 Å². The second-order valence-electron chi connectivity index (χ2n) is 4.48. The van der Waals surface area contributed by atoms with E-state index in [0.29, 0.717) is 18.6 Å². The Kier molecular flexibility index (Phi) is 3.10. The second kappa shape index (κ2) is 4.35. The van der Waals surface area contributed by atoms with Crippen LogP contribution < -0.4 is 5.32 Å². The van der Waals surface area contributed by atoms with Crippen molar-refractivity contribution in [3.05, 3.63) is 12.2 Å². The third-order valence-corrected chi connectivity index (χ3v) is 3.47. The molecule has 0 aromatic rings.